The van der Waals surface area contributed by atoms with Crippen LogP contribution >= 0.6 is 0 Å². The largest absolute Gasteiger partial charge is 0.470 e. The molecule has 3 saturated carbocycles. The van der Waals surface area contributed by atoms with E-state index in [9.17, 15) is 27.6 Å². The maximum Gasteiger partial charge on any atom is 0.408 e. The number of ether oxygens (including phenoxy) is 4. The van der Waals surface area contributed by atoms with E-state index in [0.29, 0.717) is 66.1 Å². The van der Waals surface area contributed by atoms with Gasteiger partial charge in [0, 0.05) is 23.3 Å². The molecule has 3 N–H and O–H groups in total. The topological polar surface area (TPSA) is 218 Å². The van der Waals surface area contributed by atoms with Crippen molar-refractivity contribution in [1.82, 2.24) is 30.2 Å². The van der Waals surface area contributed by atoms with Gasteiger partial charge >= 0.3 is 6.09 Å². The fourth-order valence-electron chi connectivity index (χ4n) is 9.15. The smallest absolute Gasteiger partial charge is 0.408 e. The molecule has 5 atom stereocenters. The predicted molar refractivity (Wildman–Crippen MR) is 222 cm³/mol. The number of sulfonamides is 1. The second-order valence-electron chi connectivity index (χ2n) is 17.2. The number of nitrogens with one attached hydrogen (secondary N) is 3. The number of allylic oxidation sites excluding steroid dienone is 1. The summed E-state index contributed by atoms with van der Waals surface area (Å²) in [4.78, 5) is 67.7. The SMILES string of the molecule is O=C(N[C@H]1CCCCC/C=C\[C@@H]2C[C@@]2(C(=O)NS(=O)(=O)C2CC2)NC(=O)[C@@H]2C[C@@H](Oc3nc(-c4ccc5c(c4)OCO5)nc4c3oc3ccccc34)CN2C1=O)OC1CCCC1. The molecule has 18 heteroatoms. The van der Waals surface area contributed by atoms with Crippen LogP contribution in [-0.2, 0) is 29.1 Å². The molecule has 4 fully saturated rings. The van der Waals surface area contributed by atoms with Gasteiger partial charge in [0.2, 0.25) is 34.2 Å². The number of benzene rings is 2. The molecule has 4 amide bonds. The maximum atomic E-state index is 14.8. The van der Waals surface area contributed by atoms with Crippen molar-refractivity contribution in [2.24, 2.45) is 5.92 Å². The molecule has 10 rings (SSSR count). The van der Waals surface area contributed by atoms with Crippen LogP contribution in [0.1, 0.15) is 83.5 Å². The summed E-state index contributed by atoms with van der Waals surface area (Å²) < 4.78 is 58.0. The molecule has 5 heterocycles. The van der Waals surface area contributed by atoms with Gasteiger partial charge in [0.15, 0.2) is 17.3 Å². The normalized spacial score (nSPS) is 27.1. The lowest BCUT2D eigenvalue weighted by molar-refractivity contribution is -0.141. The van der Waals surface area contributed by atoms with E-state index in [4.69, 9.17) is 33.3 Å². The minimum absolute atomic E-state index is 0.0273. The number of amides is 4. The highest BCUT2D eigenvalue weighted by atomic mass is 32.2. The number of carbonyl (C=O) groups is 4. The zero-order valence-electron chi connectivity index (χ0n) is 34.0. The third kappa shape index (κ3) is 7.88. The van der Waals surface area contributed by atoms with Crippen molar-refractivity contribution in [3.05, 3.63) is 54.6 Å². The number of hydrogen-bond acceptors (Lipinski definition) is 13. The number of para-hydroxylation sites is 1. The van der Waals surface area contributed by atoms with Crippen LogP contribution < -0.4 is 29.6 Å². The van der Waals surface area contributed by atoms with Crippen LogP contribution in [0.2, 0.25) is 0 Å². The minimum atomic E-state index is -3.93. The van der Waals surface area contributed by atoms with Crippen molar-refractivity contribution in [2.75, 3.05) is 13.3 Å². The first-order valence-electron chi connectivity index (χ1n) is 21.6. The van der Waals surface area contributed by atoms with Crippen molar-refractivity contribution in [3.63, 3.8) is 0 Å². The number of hydrogen-bond donors (Lipinski definition) is 3. The Balaban J connectivity index is 0.988. The molecule has 2 aromatic carbocycles. The van der Waals surface area contributed by atoms with Crippen LogP contribution in [0.15, 0.2) is 59.0 Å². The number of carbonyl (C=O) groups excluding carboxylic acids is 4. The van der Waals surface area contributed by atoms with E-state index in [-0.39, 0.29) is 43.7 Å². The van der Waals surface area contributed by atoms with Crippen LogP contribution in [0.25, 0.3) is 33.5 Å². The van der Waals surface area contributed by atoms with Gasteiger partial charge in [0.05, 0.1) is 11.8 Å². The Morgan fingerprint density at radius 1 is 0.919 bits per heavy atom. The van der Waals surface area contributed by atoms with Gasteiger partial charge in [-0.1, -0.05) is 37.1 Å². The number of nitrogens with zero attached hydrogens (tertiary/aromatic N) is 3. The Kier molecular flexibility index (Phi) is 10.4. The molecule has 62 heavy (non-hydrogen) atoms. The molecule has 0 unspecified atom stereocenters. The number of alkyl carbamates (subject to hydrolysis) is 1. The molecule has 0 radical (unpaired) electrons. The Hall–Kier alpha value is -5.91. The van der Waals surface area contributed by atoms with Gasteiger partial charge in [-0.05, 0) is 94.5 Å². The number of rotatable bonds is 8. The minimum Gasteiger partial charge on any atom is -0.470 e. The van der Waals surface area contributed by atoms with E-state index in [1.807, 2.05) is 42.5 Å². The standard InChI is InChI=1S/C44H48N6O11S/c51-39-32-21-28(59-40-37-36(30-13-8-9-15-33(30)61-37)46-38(47-40)25-16-19-34-35(20-25)58-24-57-34)23-50(32)41(52)31(45-43(54)60-27-11-6-7-12-27)14-5-3-1-2-4-10-26-22-44(26,48-39)42(53)49-62(55,56)29-17-18-29/h4,8-10,13,15-16,19-20,26-29,31-32H,1-3,5-7,11-12,14,17-18,21-24H2,(H,45,54)(H,48,51)(H,49,53)/b10-4-/t26-,28-,31+,32+,44-/m1/s1. The average Bonchev–Trinajstić information content (AvgIpc) is 3.92. The van der Waals surface area contributed by atoms with Crippen molar-refractivity contribution < 1.29 is 51.0 Å². The molecule has 17 nitrogen and oxygen atoms in total. The lowest BCUT2D eigenvalue weighted by Crippen LogP contribution is -2.58. The van der Waals surface area contributed by atoms with E-state index in [1.54, 1.807) is 12.1 Å². The molecule has 0 spiro atoms. The Morgan fingerprint density at radius 2 is 1.73 bits per heavy atom. The summed E-state index contributed by atoms with van der Waals surface area (Å²) in [5.41, 5.74) is 0.395. The molecule has 6 aliphatic rings. The molecule has 1 saturated heterocycles. The van der Waals surface area contributed by atoms with Crippen LogP contribution in [0.4, 0.5) is 4.79 Å². The van der Waals surface area contributed by atoms with Crippen molar-refractivity contribution in [1.29, 1.82) is 0 Å². The summed E-state index contributed by atoms with van der Waals surface area (Å²) >= 11 is 0. The molecule has 4 aromatic rings. The molecule has 326 valence electrons. The zero-order chi connectivity index (χ0) is 42.6. The first kappa shape index (κ1) is 40.2. The first-order valence-corrected chi connectivity index (χ1v) is 23.2. The third-order valence-electron chi connectivity index (χ3n) is 12.8. The summed E-state index contributed by atoms with van der Waals surface area (Å²) in [6.07, 6.45) is 9.69. The van der Waals surface area contributed by atoms with Crippen molar-refractivity contribution in [2.45, 2.75) is 119 Å². The van der Waals surface area contributed by atoms with Crippen LogP contribution in [0.3, 0.4) is 0 Å². The van der Waals surface area contributed by atoms with Gasteiger partial charge in [0.1, 0.15) is 40.9 Å². The molecular weight excluding hydrogens is 821 g/mol. The highest BCUT2D eigenvalue weighted by Crippen LogP contribution is 2.46. The maximum absolute atomic E-state index is 14.8. The van der Waals surface area contributed by atoms with Crippen molar-refractivity contribution >= 4 is 55.9 Å². The number of furan rings is 1. The Morgan fingerprint density at radius 3 is 2.56 bits per heavy atom. The van der Waals surface area contributed by atoms with Gasteiger partial charge in [0.25, 0.3) is 11.8 Å². The van der Waals surface area contributed by atoms with Crippen LogP contribution in [0, 0.1) is 5.92 Å². The lowest BCUT2D eigenvalue weighted by atomic mass is 10.0. The molecular formula is C44H48N6O11S. The fraction of sp³-hybridized carbons (Fsp3) is 0.500. The highest BCUT2D eigenvalue weighted by Gasteiger charge is 2.62. The second-order valence-corrected chi connectivity index (χ2v) is 19.2. The third-order valence-corrected chi connectivity index (χ3v) is 14.6. The van der Waals surface area contributed by atoms with Crippen LogP contribution in [-0.4, -0.2) is 95.5 Å². The summed E-state index contributed by atoms with van der Waals surface area (Å²) in [6, 6.07) is 10.6. The van der Waals surface area contributed by atoms with Gasteiger partial charge in [-0.25, -0.2) is 18.2 Å². The summed E-state index contributed by atoms with van der Waals surface area (Å²) in [7, 11) is -3.93. The fourth-order valence-corrected chi connectivity index (χ4v) is 10.5. The second kappa shape index (κ2) is 16.1. The van der Waals surface area contributed by atoms with Crippen molar-refractivity contribution in [3.8, 4) is 28.8 Å². The highest BCUT2D eigenvalue weighted by molar-refractivity contribution is 7.91. The van der Waals surface area contributed by atoms with Gasteiger partial charge in [-0.2, -0.15) is 4.98 Å². The van der Waals surface area contributed by atoms with Gasteiger partial charge < -0.3 is 38.9 Å². The average molecular weight is 869 g/mol. The number of fused-ring (bicyclic) bond motifs is 6. The van der Waals surface area contributed by atoms with E-state index in [2.05, 4.69) is 15.4 Å². The van der Waals surface area contributed by atoms with Crippen LogP contribution in [0.5, 0.6) is 17.4 Å². The van der Waals surface area contributed by atoms with E-state index < -0.39 is 68.7 Å². The zero-order valence-corrected chi connectivity index (χ0v) is 34.8. The quantitative estimate of drug-likeness (QED) is 0.195. The Bertz CT molecular complexity index is 2590. The molecule has 2 aromatic heterocycles. The van der Waals surface area contributed by atoms with E-state index in [0.717, 1.165) is 43.9 Å². The Labute approximate surface area is 357 Å². The monoisotopic (exact) mass is 868 g/mol. The van der Waals surface area contributed by atoms with Gasteiger partial charge in [-0.15, -0.1) is 0 Å². The van der Waals surface area contributed by atoms with E-state index >= 15 is 0 Å². The molecule has 0 bridgehead atoms. The van der Waals surface area contributed by atoms with Gasteiger partial charge in [-0.3, -0.25) is 19.1 Å². The first-order chi connectivity index (χ1) is 30.0. The molecule has 3 aliphatic carbocycles. The van der Waals surface area contributed by atoms with E-state index in [1.165, 1.54) is 4.90 Å². The summed E-state index contributed by atoms with van der Waals surface area (Å²) in [5, 5.41) is 5.80. The predicted octanol–water partition coefficient (Wildman–Crippen LogP) is 5.16. The lowest BCUT2D eigenvalue weighted by Gasteiger charge is -2.30. The summed E-state index contributed by atoms with van der Waals surface area (Å²) in [6.45, 7) is 0.00227. The number of aromatic nitrogens is 2. The molecule has 3 aliphatic heterocycles. The summed E-state index contributed by atoms with van der Waals surface area (Å²) in [5.74, 6) is -0.899.